The van der Waals surface area contributed by atoms with Crippen molar-refractivity contribution < 1.29 is 9.53 Å². The van der Waals surface area contributed by atoms with Crippen molar-refractivity contribution in [3.8, 4) is 0 Å². The molecule has 2 N–H and O–H groups in total. The Morgan fingerprint density at radius 3 is 2.61 bits per heavy atom. The maximum absolute atomic E-state index is 12.0. The van der Waals surface area contributed by atoms with E-state index in [4.69, 9.17) is 4.74 Å². The minimum Gasteiger partial charge on any atom is -0.379 e. The molecule has 2 saturated heterocycles. The third kappa shape index (κ3) is 4.38. The van der Waals surface area contributed by atoms with Gasteiger partial charge < -0.3 is 20.3 Å². The third-order valence-corrected chi connectivity index (χ3v) is 4.74. The first-order chi connectivity index (χ1) is 11.1. The Labute approximate surface area is 138 Å². The second-order valence-corrected chi connectivity index (χ2v) is 6.89. The summed E-state index contributed by atoms with van der Waals surface area (Å²) in [7, 11) is 0. The summed E-state index contributed by atoms with van der Waals surface area (Å²) in [5.41, 5.74) is 2.17. The van der Waals surface area contributed by atoms with Gasteiger partial charge in [0.1, 0.15) is 0 Å². The maximum atomic E-state index is 12.0. The quantitative estimate of drug-likeness (QED) is 0.897. The summed E-state index contributed by atoms with van der Waals surface area (Å²) in [5, 5.41) is 5.94. The van der Waals surface area contributed by atoms with Gasteiger partial charge in [-0.05, 0) is 50.3 Å². The summed E-state index contributed by atoms with van der Waals surface area (Å²) in [4.78, 5) is 14.4. The van der Waals surface area contributed by atoms with Gasteiger partial charge in [0.15, 0.2) is 0 Å². The Morgan fingerprint density at radius 1 is 1.22 bits per heavy atom. The van der Waals surface area contributed by atoms with Crippen LogP contribution in [0.3, 0.4) is 0 Å². The first-order valence-corrected chi connectivity index (χ1v) is 8.62. The van der Waals surface area contributed by atoms with Crippen molar-refractivity contribution >= 4 is 11.7 Å². The third-order valence-electron chi connectivity index (χ3n) is 4.74. The highest BCUT2D eigenvalue weighted by molar-refractivity contribution is 5.74. The van der Waals surface area contributed by atoms with Crippen LogP contribution in [-0.2, 0) is 11.3 Å². The van der Waals surface area contributed by atoms with Gasteiger partial charge in [0.2, 0.25) is 0 Å². The van der Waals surface area contributed by atoms with Crippen molar-refractivity contribution in [2.24, 2.45) is 0 Å². The number of hydrogen-bond acceptors (Lipinski definition) is 3. The van der Waals surface area contributed by atoms with Gasteiger partial charge in [-0.2, -0.15) is 0 Å². The molecule has 0 aliphatic carbocycles. The molecular weight excluding hydrogens is 290 g/mol. The summed E-state index contributed by atoms with van der Waals surface area (Å²) in [5.74, 6) is 0. The van der Waals surface area contributed by atoms with Gasteiger partial charge in [-0.3, -0.25) is 0 Å². The molecule has 23 heavy (non-hydrogen) atoms. The normalized spacial score (nSPS) is 24.5. The van der Waals surface area contributed by atoms with E-state index in [9.17, 15) is 4.79 Å². The average Bonchev–Trinajstić information content (AvgIpc) is 3.00. The Kier molecular flexibility index (Phi) is 5.06. The van der Waals surface area contributed by atoms with Crippen LogP contribution in [0.25, 0.3) is 0 Å². The van der Waals surface area contributed by atoms with E-state index in [2.05, 4.69) is 39.8 Å². The number of nitrogens with one attached hydrogen (secondary N) is 2. The summed E-state index contributed by atoms with van der Waals surface area (Å²) < 4.78 is 5.35. The first-order valence-electron chi connectivity index (χ1n) is 8.62. The fraction of sp³-hybridized carbons (Fsp3) is 0.611. The van der Waals surface area contributed by atoms with Crippen LogP contribution in [0, 0.1) is 0 Å². The molecule has 0 radical (unpaired) electrons. The molecule has 0 unspecified atom stereocenters. The maximum Gasteiger partial charge on any atom is 0.315 e. The predicted molar refractivity (Wildman–Crippen MR) is 91.7 cm³/mol. The molecule has 3 rings (SSSR count). The van der Waals surface area contributed by atoms with E-state index in [0.29, 0.717) is 13.2 Å². The molecule has 126 valence electrons. The van der Waals surface area contributed by atoms with Crippen molar-refractivity contribution in [3.63, 3.8) is 0 Å². The zero-order valence-corrected chi connectivity index (χ0v) is 13.9. The lowest BCUT2D eigenvalue weighted by Gasteiger charge is -2.29. The number of carbonyl (C=O) groups excluding carboxylic acids is 1. The molecule has 0 spiro atoms. The lowest BCUT2D eigenvalue weighted by Crippen LogP contribution is -2.50. The molecule has 5 nitrogen and oxygen atoms in total. The van der Waals surface area contributed by atoms with Gasteiger partial charge in [-0.1, -0.05) is 12.1 Å². The van der Waals surface area contributed by atoms with Crippen molar-refractivity contribution in [2.45, 2.75) is 44.7 Å². The molecule has 0 saturated carbocycles. The molecule has 0 aromatic heterocycles. The molecule has 5 heteroatoms. The number of ether oxygens (including phenoxy) is 1. The molecule has 0 bridgehead atoms. The monoisotopic (exact) mass is 317 g/mol. The van der Waals surface area contributed by atoms with Crippen molar-refractivity contribution in [2.75, 3.05) is 31.2 Å². The van der Waals surface area contributed by atoms with Gasteiger partial charge in [-0.15, -0.1) is 0 Å². The Morgan fingerprint density at radius 2 is 1.96 bits per heavy atom. The van der Waals surface area contributed by atoms with E-state index in [1.54, 1.807) is 0 Å². The lowest BCUT2D eigenvalue weighted by molar-refractivity contribution is 0.170. The van der Waals surface area contributed by atoms with E-state index < -0.39 is 0 Å². The molecular formula is C18H27N3O2. The first kappa shape index (κ1) is 16.1. The van der Waals surface area contributed by atoms with Crippen LogP contribution in [0.1, 0.15) is 38.2 Å². The van der Waals surface area contributed by atoms with Gasteiger partial charge >= 0.3 is 6.03 Å². The summed E-state index contributed by atoms with van der Waals surface area (Å²) >= 11 is 0. The number of hydrogen-bond donors (Lipinski definition) is 2. The second-order valence-electron chi connectivity index (χ2n) is 6.89. The molecule has 1 aromatic carbocycles. The number of amides is 2. The number of carbonyl (C=O) groups is 1. The van der Waals surface area contributed by atoms with Gasteiger partial charge in [0, 0.05) is 31.9 Å². The predicted octanol–water partition coefficient (Wildman–Crippen LogP) is 2.66. The van der Waals surface area contributed by atoms with E-state index in [-0.39, 0.29) is 11.6 Å². The SMILES string of the molecule is C[C@@]1(NC(=O)NCc2ccc(N3CCCCC3)cc2)CCOC1. The standard InChI is InChI=1S/C18H27N3O2/c1-18(9-12-23-14-18)20-17(22)19-13-15-5-7-16(8-6-15)21-10-3-2-4-11-21/h5-8H,2-4,9-14H2,1H3,(H2,19,20,22)/t18-/m1/s1. The van der Waals surface area contributed by atoms with Crippen LogP contribution >= 0.6 is 0 Å². The Hall–Kier alpha value is -1.75. The van der Waals surface area contributed by atoms with Gasteiger partial charge in [0.25, 0.3) is 0 Å². The van der Waals surface area contributed by atoms with Crippen LogP contribution in [0.2, 0.25) is 0 Å². The molecule has 2 heterocycles. The largest absolute Gasteiger partial charge is 0.379 e. The van der Waals surface area contributed by atoms with Crippen LogP contribution in [-0.4, -0.2) is 37.9 Å². The summed E-state index contributed by atoms with van der Waals surface area (Å²) in [6.07, 6.45) is 4.78. The Balaban J connectivity index is 1.47. The summed E-state index contributed by atoms with van der Waals surface area (Å²) in [6.45, 7) is 6.18. The molecule has 2 fully saturated rings. The average molecular weight is 317 g/mol. The zero-order valence-electron chi connectivity index (χ0n) is 13.9. The molecule has 2 aliphatic rings. The molecule has 1 atom stereocenters. The zero-order chi connectivity index (χ0) is 16.1. The van der Waals surface area contributed by atoms with Gasteiger partial charge in [-0.25, -0.2) is 4.79 Å². The number of nitrogens with zero attached hydrogens (tertiary/aromatic N) is 1. The van der Waals surface area contributed by atoms with Crippen LogP contribution in [0.15, 0.2) is 24.3 Å². The highest BCUT2D eigenvalue weighted by Crippen LogP contribution is 2.20. The minimum absolute atomic E-state index is 0.127. The van der Waals surface area contributed by atoms with E-state index in [1.165, 1.54) is 24.9 Å². The van der Waals surface area contributed by atoms with Crippen molar-refractivity contribution in [1.82, 2.24) is 10.6 Å². The smallest absolute Gasteiger partial charge is 0.315 e. The highest BCUT2D eigenvalue weighted by atomic mass is 16.5. The molecule has 2 amide bonds. The highest BCUT2D eigenvalue weighted by Gasteiger charge is 2.31. The molecule has 1 aromatic rings. The lowest BCUT2D eigenvalue weighted by atomic mass is 10.0. The fourth-order valence-corrected chi connectivity index (χ4v) is 3.24. The van der Waals surface area contributed by atoms with E-state index >= 15 is 0 Å². The van der Waals surface area contributed by atoms with Crippen LogP contribution in [0.5, 0.6) is 0 Å². The fourth-order valence-electron chi connectivity index (χ4n) is 3.24. The topological polar surface area (TPSA) is 53.6 Å². The second kappa shape index (κ2) is 7.21. The van der Waals surface area contributed by atoms with Crippen molar-refractivity contribution in [1.29, 1.82) is 0 Å². The van der Waals surface area contributed by atoms with E-state index in [0.717, 1.165) is 31.7 Å². The van der Waals surface area contributed by atoms with Crippen LogP contribution < -0.4 is 15.5 Å². The number of anilines is 1. The summed E-state index contributed by atoms with van der Waals surface area (Å²) in [6, 6.07) is 8.40. The van der Waals surface area contributed by atoms with Crippen molar-refractivity contribution in [3.05, 3.63) is 29.8 Å². The van der Waals surface area contributed by atoms with E-state index in [1.807, 2.05) is 6.92 Å². The number of rotatable bonds is 4. The van der Waals surface area contributed by atoms with Crippen LogP contribution in [0.4, 0.5) is 10.5 Å². The molecule has 2 aliphatic heterocycles. The number of piperidine rings is 1. The number of urea groups is 1. The number of benzene rings is 1. The van der Waals surface area contributed by atoms with Gasteiger partial charge in [0.05, 0.1) is 12.1 Å². The Bertz CT molecular complexity index is 518. The minimum atomic E-state index is -0.234.